The van der Waals surface area contributed by atoms with E-state index in [0.717, 1.165) is 25.7 Å². The van der Waals surface area contributed by atoms with Crippen LogP contribution in [0.3, 0.4) is 0 Å². The highest BCUT2D eigenvalue weighted by atomic mass is 16.4. The summed E-state index contributed by atoms with van der Waals surface area (Å²) in [6.45, 7) is 3.51. The summed E-state index contributed by atoms with van der Waals surface area (Å²) in [7, 11) is 0. The van der Waals surface area contributed by atoms with Gasteiger partial charge in [-0.25, -0.2) is 0 Å². The van der Waals surface area contributed by atoms with Crippen LogP contribution in [0, 0.1) is 17.8 Å². The molecule has 0 aromatic heterocycles. The molecular weight excluding hydrogens is 230 g/mol. The molecule has 4 nitrogen and oxygen atoms in total. The Hall–Kier alpha value is -1.50. The zero-order valence-electron chi connectivity index (χ0n) is 11.1. The quantitative estimate of drug-likeness (QED) is 0.734. The van der Waals surface area contributed by atoms with Gasteiger partial charge in [-0.3, -0.25) is 9.59 Å². The molecule has 0 atom stereocenters. The number of aliphatic carboxylic acids is 1. The summed E-state index contributed by atoms with van der Waals surface area (Å²) in [5.41, 5.74) is -1.05. The fraction of sp³-hybridized carbons (Fsp3) is 0.714. The zero-order chi connectivity index (χ0) is 13.8. The molecule has 0 unspecified atom stereocenters. The molecule has 0 radical (unpaired) electrons. The van der Waals surface area contributed by atoms with Crippen LogP contribution in [0.5, 0.6) is 0 Å². The minimum Gasteiger partial charge on any atom is -0.481 e. The van der Waals surface area contributed by atoms with E-state index < -0.39 is 11.5 Å². The lowest BCUT2D eigenvalue weighted by Gasteiger charge is -2.28. The molecule has 1 aliphatic carbocycles. The maximum atomic E-state index is 12.0. The van der Waals surface area contributed by atoms with E-state index in [1.54, 1.807) is 13.8 Å². The highest BCUT2D eigenvalue weighted by molar-refractivity contribution is 5.79. The summed E-state index contributed by atoms with van der Waals surface area (Å²) in [5, 5.41) is 11.7. The third-order valence-corrected chi connectivity index (χ3v) is 3.54. The third-order valence-electron chi connectivity index (χ3n) is 3.54. The highest BCUT2D eigenvalue weighted by Crippen LogP contribution is 2.44. The van der Waals surface area contributed by atoms with E-state index >= 15 is 0 Å². The van der Waals surface area contributed by atoms with Crippen molar-refractivity contribution in [1.82, 2.24) is 5.32 Å². The molecule has 0 aromatic rings. The van der Waals surface area contributed by atoms with Crippen molar-refractivity contribution in [2.75, 3.05) is 0 Å². The fourth-order valence-electron chi connectivity index (χ4n) is 2.63. The molecule has 1 rings (SSSR count). The lowest BCUT2D eigenvalue weighted by molar-refractivity contribution is -0.140. The fourth-order valence-corrected chi connectivity index (χ4v) is 2.63. The summed E-state index contributed by atoms with van der Waals surface area (Å²) >= 11 is 0. The van der Waals surface area contributed by atoms with Gasteiger partial charge in [0.15, 0.2) is 0 Å². The molecule has 2 N–H and O–H groups in total. The lowest BCUT2D eigenvalue weighted by atomic mass is 9.79. The van der Waals surface area contributed by atoms with E-state index in [1.165, 1.54) is 0 Å². The molecule has 1 fully saturated rings. The number of terminal acetylenes is 1. The first-order valence-corrected chi connectivity index (χ1v) is 6.29. The molecule has 4 heteroatoms. The first-order chi connectivity index (χ1) is 8.29. The Kier molecular flexibility index (Phi) is 4.39. The summed E-state index contributed by atoms with van der Waals surface area (Å²) in [5.74, 6) is 1.52. The van der Waals surface area contributed by atoms with Gasteiger partial charge >= 0.3 is 5.97 Å². The lowest BCUT2D eigenvalue weighted by Crippen LogP contribution is -2.44. The Balaban J connectivity index is 2.65. The Morgan fingerprint density at radius 1 is 1.33 bits per heavy atom. The molecule has 0 heterocycles. The molecule has 1 amide bonds. The Bertz CT molecular complexity index is 373. The van der Waals surface area contributed by atoms with Crippen molar-refractivity contribution in [1.29, 1.82) is 0 Å². The first-order valence-electron chi connectivity index (χ1n) is 6.29. The van der Waals surface area contributed by atoms with Crippen LogP contribution in [-0.2, 0) is 9.59 Å². The molecule has 0 saturated heterocycles. The number of carbonyl (C=O) groups excluding carboxylic acids is 1. The van der Waals surface area contributed by atoms with Crippen molar-refractivity contribution < 1.29 is 14.7 Å². The predicted octanol–water partition coefficient (Wildman–Crippen LogP) is 1.94. The van der Waals surface area contributed by atoms with Crippen LogP contribution in [-0.4, -0.2) is 22.5 Å². The minimum absolute atomic E-state index is 0.0664. The normalized spacial score (nSPS) is 18.1. The van der Waals surface area contributed by atoms with Gasteiger partial charge in [0.1, 0.15) is 0 Å². The van der Waals surface area contributed by atoms with Gasteiger partial charge in [-0.15, -0.1) is 6.42 Å². The van der Waals surface area contributed by atoms with Gasteiger partial charge in [-0.2, -0.15) is 0 Å². The molecule has 0 spiro atoms. The van der Waals surface area contributed by atoms with Crippen molar-refractivity contribution >= 4 is 11.9 Å². The van der Waals surface area contributed by atoms with Crippen molar-refractivity contribution in [2.24, 2.45) is 5.41 Å². The van der Waals surface area contributed by atoms with E-state index in [0.29, 0.717) is 0 Å². The maximum absolute atomic E-state index is 12.0. The minimum atomic E-state index is -0.832. The van der Waals surface area contributed by atoms with Gasteiger partial charge in [0.2, 0.25) is 5.91 Å². The highest BCUT2D eigenvalue weighted by Gasteiger charge is 2.38. The third kappa shape index (κ3) is 4.06. The van der Waals surface area contributed by atoms with Crippen LogP contribution < -0.4 is 5.32 Å². The SMILES string of the molecule is C#CC(C)(C)NC(=O)CC1(CC(=O)O)CCCC1. The van der Waals surface area contributed by atoms with Crippen LogP contribution in [0.25, 0.3) is 0 Å². The van der Waals surface area contributed by atoms with E-state index in [4.69, 9.17) is 11.5 Å². The van der Waals surface area contributed by atoms with Gasteiger partial charge in [0, 0.05) is 6.42 Å². The number of carboxylic acids is 1. The van der Waals surface area contributed by atoms with Crippen molar-refractivity contribution in [2.45, 2.75) is 57.9 Å². The van der Waals surface area contributed by atoms with Crippen molar-refractivity contribution in [3.8, 4) is 12.3 Å². The number of rotatable bonds is 5. The number of amides is 1. The molecule has 100 valence electrons. The van der Waals surface area contributed by atoms with E-state index in [1.807, 2.05) is 0 Å². The number of carbonyl (C=O) groups is 2. The van der Waals surface area contributed by atoms with Crippen LogP contribution in [0.4, 0.5) is 0 Å². The summed E-state index contributed by atoms with van der Waals surface area (Å²) in [4.78, 5) is 22.9. The number of hydrogen-bond acceptors (Lipinski definition) is 2. The Labute approximate surface area is 108 Å². The summed E-state index contributed by atoms with van der Waals surface area (Å²) in [6, 6.07) is 0. The molecule has 1 aliphatic rings. The standard InChI is InChI=1S/C14H21NO3/c1-4-13(2,3)15-11(16)9-14(10-12(17)18)7-5-6-8-14/h1H,5-10H2,2-3H3,(H,15,16)(H,17,18). The summed E-state index contributed by atoms with van der Waals surface area (Å²) < 4.78 is 0. The predicted molar refractivity (Wildman–Crippen MR) is 68.8 cm³/mol. The average Bonchev–Trinajstić information content (AvgIpc) is 2.63. The molecule has 1 saturated carbocycles. The average molecular weight is 251 g/mol. The van der Waals surface area contributed by atoms with Crippen LogP contribution >= 0.6 is 0 Å². The van der Waals surface area contributed by atoms with Crippen molar-refractivity contribution in [3.63, 3.8) is 0 Å². The van der Waals surface area contributed by atoms with E-state index in [9.17, 15) is 9.59 Å². The second-order valence-electron chi connectivity index (χ2n) is 5.77. The van der Waals surface area contributed by atoms with Gasteiger partial charge in [0.25, 0.3) is 0 Å². The molecule has 0 aromatic carbocycles. The molecule has 18 heavy (non-hydrogen) atoms. The second kappa shape index (κ2) is 5.43. The van der Waals surface area contributed by atoms with Crippen LogP contribution in [0.1, 0.15) is 52.4 Å². The van der Waals surface area contributed by atoms with Crippen molar-refractivity contribution in [3.05, 3.63) is 0 Å². The monoisotopic (exact) mass is 251 g/mol. The maximum Gasteiger partial charge on any atom is 0.303 e. The van der Waals surface area contributed by atoms with E-state index in [-0.39, 0.29) is 24.2 Å². The molecule has 0 aliphatic heterocycles. The number of nitrogens with one attached hydrogen (secondary N) is 1. The van der Waals surface area contributed by atoms with Gasteiger partial charge < -0.3 is 10.4 Å². The largest absolute Gasteiger partial charge is 0.481 e. The summed E-state index contributed by atoms with van der Waals surface area (Å²) in [6.07, 6.45) is 9.25. The van der Waals surface area contributed by atoms with Gasteiger partial charge in [-0.1, -0.05) is 18.8 Å². The first kappa shape index (κ1) is 14.6. The van der Waals surface area contributed by atoms with Crippen LogP contribution in [0.2, 0.25) is 0 Å². The van der Waals surface area contributed by atoms with Gasteiger partial charge in [-0.05, 0) is 32.1 Å². The number of hydrogen-bond donors (Lipinski definition) is 2. The topological polar surface area (TPSA) is 66.4 Å². The van der Waals surface area contributed by atoms with Crippen LogP contribution in [0.15, 0.2) is 0 Å². The number of carboxylic acid groups (broad SMARTS) is 1. The molecular formula is C14H21NO3. The Morgan fingerprint density at radius 3 is 2.33 bits per heavy atom. The smallest absolute Gasteiger partial charge is 0.303 e. The molecule has 0 bridgehead atoms. The Morgan fingerprint density at radius 2 is 1.89 bits per heavy atom. The zero-order valence-corrected chi connectivity index (χ0v) is 11.1. The second-order valence-corrected chi connectivity index (χ2v) is 5.77. The van der Waals surface area contributed by atoms with Gasteiger partial charge in [0.05, 0.1) is 12.0 Å². The van der Waals surface area contributed by atoms with E-state index in [2.05, 4.69) is 11.2 Å².